The third kappa shape index (κ3) is 11.4. The third-order valence-electron chi connectivity index (χ3n) is 8.52. The second kappa shape index (κ2) is 18.8. The van der Waals surface area contributed by atoms with E-state index in [-0.39, 0.29) is 30.0 Å². The summed E-state index contributed by atoms with van der Waals surface area (Å²) in [5.74, 6) is 1.33. The van der Waals surface area contributed by atoms with Crippen LogP contribution < -0.4 is 21.3 Å². The molecule has 0 radical (unpaired) electrons. The molecule has 48 heavy (non-hydrogen) atoms. The maximum absolute atomic E-state index is 13.6. The van der Waals surface area contributed by atoms with E-state index in [1.54, 1.807) is 18.2 Å². The summed E-state index contributed by atoms with van der Waals surface area (Å²) in [6.07, 6.45) is 8.32. The molecule has 2 atom stereocenters. The van der Waals surface area contributed by atoms with E-state index in [9.17, 15) is 14.9 Å². The minimum atomic E-state index is -0.413. The smallest absolute Gasteiger partial charge is 0.252 e. The SMILES string of the molecule is C\C=C/C(=C\C(=C\Cl)C(=O)N[C@@H](CNC(=O)CC1CCNCC1)Cc1ccc(C#N)cc1)c1ccc(CNC(C)c2ccc(C)cc2)o1. The summed E-state index contributed by atoms with van der Waals surface area (Å²) in [6, 6.07) is 21.3. The molecule has 2 amide bonds. The number of rotatable bonds is 15. The molecule has 0 spiro atoms. The number of carbonyl (C=O) groups is 2. The molecule has 1 saturated heterocycles. The molecule has 0 bridgehead atoms. The van der Waals surface area contributed by atoms with Gasteiger partial charge in [0.1, 0.15) is 11.5 Å². The van der Waals surface area contributed by atoms with Gasteiger partial charge >= 0.3 is 0 Å². The standard InChI is InChI=1S/C39H46ClN5O3/c1-4-5-33(37-15-14-36(48-37)26-43-28(3)32-12-6-27(2)7-13-32)22-34(23-40)39(47)45-35(20-29-8-10-31(24-41)11-9-29)25-44-38(46)21-30-16-18-42-19-17-30/h4-15,22-23,28,30,35,42-43H,16-21,25-26H2,1-3H3,(H,44,46)(H,45,47)/b5-4-,33-22+,34-23-/t28?,35-/m1/s1. The molecule has 2 aromatic carbocycles. The molecule has 252 valence electrons. The van der Waals surface area contributed by atoms with Crippen LogP contribution in [0, 0.1) is 24.2 Å². The molecule has 9 heteroatoms. The summed E-state index contributed by atoms with van der Waals surface area (Å²) in [4.78, 5) is 26.4. The first-order chi connectivity index (χ1) is 23.3. The van der Waals surface area contributed by atoms with E-state index in [0.717, 1.165) is 37.3 Å². The highest BCUT2D eigenvalue weighted by Gasteiger charge is 2.20. The number of hydrogen-bond donors (Lipinski definition) is 4. The Kier molecular flexibility index (Phi) is 14.3. The predicted octanol–water partition coefficient (Wildman–Crippen LogP) is 6.63. The summed E-state index contributed by atoms with van der Waals surface area (Å²) in [5.41, 5.74) is 6.10. The fourth-order valence-electron chi connectivity index (χ4n) is 5.65. The summed E-state index contributed by atoms with van der Waals surface area (Å²) in [6.45, 7) is 8.73. The van der Waals surface area contributed by atoms with Crippen LogP contribution >= 0.6 is 11.6 Å². The first-order valence-corrected chi connectivity index (χ1v) is 17.0. The Labute approximate surface area is 289 Å². The van der Waals surface area contributed by atoms with Crippen LogP contribution in [0.5, 0.6) is 0 Å². The van der Waals surface area contributed by atoms with Crippen LogP contribution in [-0.2, 0) is 22.6 Å². The van der Waals surface area contributed by atoms with Gasteiger partial charge in [-0.3, -0.25) is 9.59 Å². The van der Waals surface area contributed by atoms with Crippen LogP contribution in [0.15, 0.2) is 94.4 Å². The molecule has 4 N–H and O–H groups in total. The van der Waals surface area contributed by atoms with Gasteiger partial charge < -0.3 is 25.7 Å². The first-order valence-electron chi connectivity index (χ1n) is 16.6. The second-order valence-corrected chi connectivity index (χ2v) is 12.5. The van der Waals surface area contributed by atoms with E-state index in [1.807, 2.05) is 43.3 Å². The number of allylic oxidation sites excluding steroid dienone is 3. The van der Waals surface area contributed by atoms with Crippen molar-refractivity contribution in [1.29, 1.82) is 5.26 Å². The van der Waals surface area contributed by atoms with Crippen LogP contribution in [-0.4, -0.2) is 37.5 Å². The van der Waals surface area contributed by atoms with Gasteiger partial charge in [-0.05, 0) is 101 Å². The van der Waals surface area contributed by atoms with Crippen LogP contribution in [0.2, 0.25) is 0 Å². The van der Waals surface area contributed by atoms with Crippen LogP contribution in [0.25, 0.3) is 5.57 Å². The molecule has 1 unspecified atom stereocenters. The molecule has 0 saturated carbocycles. The highest BCUT2D eigenvalue weighted by molar-refractivity contribution is 6.28. The maximum atomic E-state index is 13.6. The van der Waals surface area contributed by atoms with Gasteiger partial charge in [-0.1, -0.05) is 65.7 Å². The number of carbonyl (C=O) groups excluding carboxylic acids is 2. The fourth-order valence-corrected chi connectivity index (χ4v) is 5.81. The lowest BCUT2D eigenvalue weighted by atomic mass is 9.94. The second-order valence-electron chi connectivity index (χ2n) is 12.3. The highest BCUT2D eigenvalue weighted by atomic mass is 35.5. The van der Waals surface area contributed by atoms with Crippen molar-refractivity contribution in [3.63, 3.8) is 0 Å². The number of benzene rings is 2. The largest absolute Gasteiger partial charge is 0.460 e. The molecule has 3 aromatic rings. The van der Waals surface area contributed by atoms with Crippen molar-refractivity contribution in [2.24, 2.45) is 5.92 Å². The van der Waals surface area contributed by atoms with Crippen molar-refractivity contribution in [1.82, 2.24) is 21.3 Å². The first kappa shape index (κ1) is 36.4. The quantitative estimate of drug-likeness (QED) is 0.107. The van der Waals surface area contributed by atoms with Crippen molar-refractivity contribution in [3.05, 3.63) is 124 Å². The number of piperidine rings is 1. The van der Waals surface area contributed by atoms with Crippen LogP contribution in [0.1, 0.15) is 72.9 Å². The number of halogens is 1. The molecule has 0 aliphatic carbocycles. The molecular weight excluding hydrogens is 622 g/mol. The number of nitriles is 1. The van der Waals surface area contributed by atoms with Gasteiger partial charge in [0.05, 0.1) is 29.8 Å². The number of amides is 2. The lowest BCUT2D eigenvalue weighted by Gasteiger charge is -2.23. The third-order valence-corrected chi connectivity index (χ3v) is 8.76. The minimum Gasteiger partial charge on any atom is -0.460 e. The molecule has 1 aliphatic rings. The average molecular weight is 668 g/mol. The van der Waals surface area contributed by atoms with Crippen molar-refractivity contribution in [3.8, 4) is 6.07 Å². The van der Waals surface area contributed by atoms with Crippen molar-refractivity contribution >= 4 is 29.0 Å². The molecule has 1 fully saturated rings. The fraction of sp³-hybridized carbons (Fsp3) is 0.359. The summed E-state index contributed by atoms with van der Waals surface area (Å²) in [7, 11) is 0. The number of aryl methyl sites for hydroxylation is 1. The minimum absolute atomic E-state index is 0.0271. The van der Waals surface area contributed by atoms with Gasteiger partial charge in [0.15, 0.2) is 0 Å². The lowest BCUT2D eigenvalue weighted by molar-refractivity contribution is -0.123. The van der Waals surface area contributed by atoms with E-state index >= 15 is 0 Å². The van der Waals surface area contributed by atoms with Crippen LogP contribution in [0.4, 0.5) is 0 Å². The zero-order valence-electron chi connectivity index (χ0n) is 28.0. The number of hydrogen-bond acceptors (Lipinski definition) is 6. The Morgan fingerprint density at radius 1 is 1.08 bits per heavy atom. The van der Waals surface area contributed by atoms with Gasteiger partial charge in [-0.2, -0.15) is 5.26 Å². The Hall–Kier alpha value is -4.42. The summed E-state index contributed by atoms with van der Waals surface area (Å²) >= 11 is 6.23. The zero-order chi connectivity index (χ0) is 34.3. The van der Waals surface area contributed by atoms with Gasteiger partial charge in [-0.15, -0.1) is 0 Å². The molecular formula is C39H46ClN5O3. The zero-order valence-corrected chi connectivity index (χ0v) is 28.8. The molecule has 1 aliphatic heterocycles. The highest BCUT2D eigenvalue weighted by Crippen LogP contribution is 2.23. The van der Waals surface area contributed by atoms with E-state index in [4.69, 9.17) is 16.0 Å². The topological polar surface area (TPSA) is 119 Å². The molecule has 8 nitrogen and oxygen atoms in total. The molecule has 1 aromatic heterocycles. The van der Waals surface area contributed by atoms with Crippen LogP contribution in [0.3, 0.4) is 0 Å². The average Bonchev–Trinajstić information content (AvgIpc) is 3.58. The van der Waals surface area contributed by atoms with Crippen molar-refractivity contribution in [2.45, 2.75) is 65.1 Å². The Morgan fingerprint density at radius 3 is 2.48 bits per heavy atom. The Balaban J connectivity index is 1.43. The predicted molar refractivity (Wildman–Crippen MR) is 192 cm³/mol. The Bertz CT molecular complexity index is 1630. The normalized spacial score (nSPS) is 15.6. The number of nitrogens with zero attached hydrogens (tertiary/aromatic N) is 1. The number of nitrogens with one attached hydrogen (secondary N) is 4. The number of furan rings is 1. The van der Waals surface area contributed by atoms with Crippen molar-refractivity contribution in [2.75, 3.05) is 19.6 Å². The van der Waals surface area contributed by atoms with E-state index in [0.29, 0.717) is 42.2 Å². The van der Waals surface area contributed by atoms with Gasteiger partial charge in [0.25, 0.3) is 5.91 Å². The lowest BCUT2D eigenvalue weighted by Crippen LogP contribution is -2.45. The van der Waals surface area contributed by atoms with Crippen molar-refractivity contribution < 1.29 is 14.0 Å². The van der Waals surface area contributed by atoms with Gasteiger partial charge in [0.2, 0.25) is 5.91 Å². The van der Waals surface area contributed by atoms with Gasteiger partial charge in [0, 0.05) is 30.1 Å². The van der Waals surface area contributed by atoms with Gasteiger partial charge in [-0.25, -0.2) is 0 Å². The Morgan fingerprint density at radius 2 is 1.81 bits per heavy atom. The molecule has 2 heterocycles. The summed E-state index contributed by atoms with van der Waals surface area (Å²) < 4.78 is 6.18. The maximum Gasteiger partial charge on any atom is 0.252 e. The van der Waals surface area contributed by atoms with E-state index < -0.39 is 6.04 Å². The van der Waals surface area contributed by atoms with E-state index in [1.165, 1.54) is 16.7 Å². The van der Waals surface area contributed by atoms with E-state index in [2.05, 4.69) is 65.4 Å². The monoisotopic (exact) mass is 667 g/mol. The summed E-state index contributed by atoms with van der Waals surface area (Å²) in [5, 5.41) is 22.1. The molecule has 4 rings (SSSR count).